The molecular formula is C25H17FN4O2. The molecule has 7 heteroatoms. The molecule has 0 unspecified atom stereocenters. The third-order valence-corrected chi connectivity index (χ3v) is 5.59. The van der Waals surface area contributed by atoms with Crippen molar-refractivity contribution in [1.29, 1.82) is 5.26 Å². The van der Waals surface area contributed by atoms with Crippen LogP contribution < -0.4 is 4.90 Å². The maximum absolute atomic E-state index is 13.6. The fourth-order valence-electron chi connectivity index (χ4n) is 4.05. The lowest BCUT2D eigenvalue weighted by Gasteiger charge is -2.31. The zero-order valence-electron chi connectivity index (χ0n) is 16.9. The number of carbonyl (C=O) groups is 1. The van der Waals surface area contributed by atoms with Crippen molar-refractivity contribution in [2.24, 2.45) is 0 Å². The first kappa shape index (κ1) is 19.6. The molecule has 0 aliphatic carbocycles. The monoisotopic (exact) mass is 424 g/mol. The van der Waals surface area contributed by atoms with Crippen LogP contribution in [0.25, 0.3) is 22.3 Å². The van der Waals surface area contributed by atoms with Crippen molar-refractivity contribution in [3.8, 4) is 17.3 Å². The first-order chi connectivity index (χ1) is 15.5. The van der Waals surface area contributed by atoms with Crippen molar-refractivity contribution in [2.75, 3.05) is 11.4 Å². The fraction of sp³-hybridized carbons (Fsp3) is 0.120. The highest BCUT2D eigenvalue weighted by atomic mass is 19.1. The van der Waals surface area contributed by atoms with E-state index in [0.717, 1.165) is 24.1 Å². The highest BCUT2D eigenvalue weighted by Crippen LogP contribution is 2.38. The molecule has 0 spiro atoms. The predicted molar refractivity (Wildman–Crippen MR) is 118 cm³/mol. The Morgan fingerprint density at radius 1 is 1.03 bits per heavy atom. The molecule has 0 saturated carbocycles. The summed E-state index contributed by atoms with van der Waals surface area (Å²) >= 11 is 0. The van der Waals surface area contributed by atoms with E-state index in [1.165, 1.54) is 24.3 Å². The van der Waals surface area contributed by atoms with Crippen molar-refractivity contribution < 1.29 is 14.3 Å². The van der Waals surface area contributed by atoms with Gasteiger partial charge in [-0.05, 0) is 79.1 Å². The van der Waals surface area contributed by atoms with E-state index in [9.17, 15) is 19.6 Å². The summed E-state index contributed by atoms with van der Waals surface area (Å²) in [6.07, 6.45) is 1.71. The Labute approximate surface area is 183 Å². The average Bonchev–Trinajstić information content (AvgIpc) is 2.82. The van der Waals surface area contributed by atoms with Crippen molar-refractivity contribution in [3.63, 3.8) is 0 Å². The molecule has 1 aliphatic rings. The molecule has 3 aromatic carbocycles. The number of anilines is 2. The van der Waals surface area contributed by atoms with Crippen LogP contribution in [0.3, 0.4) is 0 Å². The van der Waals surface area contributed by atoms with Crippen molar-refractivity contribution in [1.82, 2.24) is 9.97 Å². The first-order valence-electron chi connectivity index (χ1n) is 10.1. The standard InChI is InChI=1S/C25H17FN4O2/c26-19-7-4-16(5-8-19)23-24(29-21-13-18(25(31)32)6-9-20(21)28-23)30-11-1-2-17-12-15(14-27)3-10-22(17)30/h3-10,12-13H,1-2,11H2,(H,31,32). The molecule has 5 rings (SSSR count). The predicted octanol–water partition coefficient (Wildman–Crippen LogP) is 5.09. The lowest BCUT2D eigenvalue weighted by molar-refractivity contribution is 0.0697. The average molecular weight is 424 g/mol. The second kappa shape index (κ2) is 7.75. The molecule has 1 aliphatic heterocycles. The second-order valence-corrected chi connectivity index (χ2v) is 7.62. The van der Waals surface area contributed by atoms with Crippen LogP contribution in [0.4, 0.5) is 15.9 Å². The number of benzene rings is 3. The van der Waals surface area contributed by atoms with E-state index in [1.807, 2.05) is 17.0 Å². The van der Waals surface area contributed by atoms with Crippen LogP contribution >= 0.6 is 0 Å². The number of aryl methyl sites for hydroxylation is 1. The van der Waals surface area contributed by atoms with Gasteiger partial charge >= 0.3 is 5.97 Å². The number of hydrogen-bond donors (Lipinski definition) is 1. The van der Waals surface area contributed by atoms with Crippen molar-refractivity contribution >= 4 is 28.5 Å². The maximum atomic E-state index is 13.6. The zero-order chi connectivity index (χ0) is 22.2. The molecular weight excluding hydrogens is 407 g/mol. The number of aromatic nitrogens is 2. The maximum Gasteiger partial charge on any atom is 0.335 e. The number of carboxylic acid groups (broad SMARTS) is 1. The highest BCUT2D eigenvalue weighted by Gasteiger charge is 2.24. The van der Waals surface area contributed by atoms with Gasteiger partial charge in [0, 0.05) is 17.8 Å². The Balaban J connectivity index is 1.75. The summed E-state index contributed by atoms with van der Waals surface area (Å²) in [6, 6.07) is 18.4. The Morgan fingerprint density at radius 2 is 1.84 bits per heavy atom. The van der Waals surface area contributed by atoms with Crippen LogP contribution in [0.1, 0.15) is 27.9 Å². The fourth-order valence-corrected chi connectivity index (χ4v) is 4.05. The third-order valence-electron chi connectivity index (χ3n) is 5.59. The van der Waals surface area contributed by atoms with Gasteiger partial charge in [-0.2, -0.15) is 5.26 Å². The second-order valence-electron chi connectivity index (χ2n) is 7.62. The summed E-state index contributed by atoms with van der Waals surface area (Å²) in [5.41, 5.74) is 5.01. The van der Waals surface area contributed by atoms with E-state index in [1.54, 1.807) is 24.3 Å². The summed E-state index contributed by atoms with van der Waals surface area (Å²) < 4.78 is 13.6. The normalized spacial score (nSPS) is 12.9. The number of halogens is 1. The zero-order valence-corrected chi connectivity index (χ0v) is 16.9. The Bertz CT molecular complexity index is 1410. The van der Waals surface area contributed by atoms with E-state index in [4.69, 9.17) is 9.97 Å². The van der Waals surface area contributed by atoms with Crippen LogP contribution in [0.15, 0.2) is 60.7 Å². The molecule has 0 saturated heterocycles. The van der Waals surface area contributed by atoms with Gasteiger partial charge in [-0.3, -0.25) is 0 Å². The summed E-state index contributed by atoms with van der Waals surface area (Å²) in [6.45, 7) is 0.686. The minimum atomic E-state index is -1.04. The smallest absolute Gasteiger partial charge is 0.335 e. The van der Waals surface area contributed by atoms with E-state index < -0.39 is 5.97 Å². The molecule has 156 valence electrons. The molecule has 1 aromatic heterocycles. The van der Waals surface area contributed by atoms with Crippen LogP contribution in [0.2, 0.25) is 0 Å². The number of fused-ring (bicyclic) bond motifs is 2. The van der Waals surface area contributed by atoms with Crippen LogP contribution in [0.5, 0.6) is 0 Å². The minimum Gasteiger partial charge on any atom is -0.478 e. The van der Waals surface area contributed by atoms with Gasteiger partial charge in [0.25, 0.3) is 0 Å². The number of nitriles is 1. The van der Waals surface area contributed by atoms with Crippen LogP contribution in [-0.2, 0) is 6.42 Å². The Hall–Kier alpha value is -4.31. The number of nitrogens with zero attached hydrogens (tertiary/aromatic N) is 4. The minimum absolute atomic E-state index is 0.130. The van der Waals surface area contributed by atoms with Gasteiger partial charge in [0.2, 0.25) is 0 Å². The molecule has 0 radical (unpaired) electrons. The summed E-state index contributed by atoms with van der Waals surface area (Å²) in [5.74, 6) is -0.815. The lowest BCUT2D eigenvalue weighted by atomic mass is 9.99. The first-order valence-corrected chi connectivity index (χ1v) is 10.1. The molecule has 2 heterocycles. The molecule has 0 atom stereocenters. The van der Waals surface area contributed by atoms with E-state index in [2.05, 4.69) is 6.07 Å². The number of aromatic carboxylic acids is 1. The molecule has 0 fully saturated rings. The largest absolute Gasteiger partial charge is 0.478 e. The van der Waals surface area contributed by atoms with Gasteiger partial charge < -0.3 is 10.0 Å². The Kier molecular flexibility index (Phi) is 4.75. The molecule has 32 heavy (non-hydrogen) atoms. The van der Waals surface area contributed by atoms with Gasteiger partial charge in [-0.25, -0.2) is 19.2 Å². The van der Waals surface area contributed by atoms with E-state index in [0.29, 0.717) is 40.2 Å². The topological polar surface area (TPSA) is 90.1 Å². The van der Waals surface area contributed by atoms with Gasteiger partial charge in [-0.15, -0.1) is 0 Å². The van der Waals surface area contributed by atoms with Gasteiger partial charge in [0.1, 0.15) is 11.5 Å². The van der Waals surface area contributed by atoms with E-state index in [-0.39, 0.29) is 11.4 Å². The summed E-state index contributed by atoms with van der Waals surface area (Å²) in [4.78, 5) is 23.1. The molecule has 1 N–H and O–H groups in total. The molecule has 0 amide bonds. The Morgan fingerprint density at radius 3 is 2.59 bits per heavy atom. The SMILES string of the molecule is N#Cc1ccc2c(c1)CCCN2c1nc2cc(C(=O)O)ccc2nc1-c1ccc(F)cc1. The van der Waals surface area contributed by atoms with Gasteiger partial charge in [0.05, 0.1) is 28.2 Å². The van der Waals surface area contributed by atoms with Gasteiger partial charge in [0.15, 0.2) is 5.82 Å². The van der Waals surface area contributed by atoms with Crippen molar-refractivity contribution in [2.45, 2.75) is 12.8 Å². The molecule has 0 bridgehead atoms. The van der Waals surface area contributed by atoms with Crippen LogP contribution in [-0.4, -0.2) is 27.6 Å². The highest BCUT2D eigenvalue weighted by molar-refractivity contribution is 5.94. The van der Waals surface area contributed by atoms with Crippen LogP contribution in [0, 0.1) is 17.1 Å². The number of rotatable bonds is 3. The molecule has 6 nitrogen and oxygen atoms in total. The third kappa shape index (κ3) is 3.42. The molecule has 4 aromatic rings. The van der Waals surface area contributed by atoms with E-state index >= 15 is 0 Å². The van der Waals surface area contributed by atoms with Gasteiger partial charge in [-0.1, -0.05) is 0 Å². The number of hydrogen-bond acceptors (Lipinski definition) is 5. The number of carboxylic acids is 1. The quantitative estimate of drug-likeness (QED) is 0.493. The van der Waals surface area contributed by atoms with Crippen molar-refractivity contribution in [3.05, 3.63) is 83.2 Å². The summed E-state index contributed by atoms with van der Waals surface area (Å²) in [5, 5.41) is 18.6. The lowest BCUT2D eigenvalue weighted by Crippen LogP contribution is -2.26. The summed E-state index contributed by atoms with van der Waals surface area (Å²) in [7, 11) is 0.